The Bertz CT molecular complexity index is 389. The lowest BCUT2D eigenvalue weighted by molar-refractivity contribution is 0.0209. The van der Waals surface area contributed by atoms with Gasteiger partial charge in [-0.25, -0.2) is 0 Å². The number of rotatable bonds is 3. The second-order valence-electron chi connectivity index (χ2n) is 6.54. The summed E-state index contributed by atoms with van der Waals surface area (Å²) in [5, 5.41) is 0. The summed E-state index contributed by atoms with van der Waals surface area (Å²) in [5.74, 6) is 0.981. The van der Waals surface area contributed by atoms with Crippen molar-refractivity contribution in [1.82, 2.24) is 0 Å². The van der Waals surface area contributed by atoms with Gasteiger partial charge in [0.1, 0.15) is 11.9 Å². The highest BCUT2D eigenvalue weighted by Crippen LogP contribution is 2.28. The quantitative estimate of drug-likeness (QED) is 0.807. The Hall–Kier alpha value is -1.02. The Morgan fingerprint density at radius 1 is 1.00 bits per heavy atom. The zero-order valence-corrected chi connectivity index (χ0v) is 12.6. The van der Waals surface area contributed by atoms with E-state index < -0.39 is 0 Å². The van der Waals surface area contributed by atoms with Gasteiger partial charge in [0.15, 0.2) is 0 Å². The molecule has 1 aliphatic carbocycles. The van der Waals surface area contributed by atoms with Gasteiger partial charge >= 0.3 is 0 Å². The van der Waals surface area contributed by atoms with Gasteiger partial charge in [0.25, 0.3) is 0 Å². The highest BCUT2D eigenvalue weighted by atomic mass is 16.5. The summed E-state index contributed by atoms with van der Waals surface area (Å²) in [6.07, 6.45) is 5.19. The van der Waals surface area contributed by atoms with E-state index >= 15 is 0 Å². The first-order chi connectivity index (χ1) is 8.99. The minimum absolute atomic E-state index is 0.199. The van der Waals surface area contributed by atoms with Crippen molar-refractivity contribution in [1.29, 1.82) is 0 Å². The normalized spacial score (nSPS) is 24.2. The van der Waals surface area contributed by atoms with E-state index in [2.05, 4.69) is 45.0 Å². The Labute approximate surface area is 117 Å². The lowest BCUT2D eigenvalue weighted by Crippen LogP contribution is -2.29. The third kappa shape index (κ3) is 3.97. The van der Waals surface area contributed by atoms with Gasteiger partial charge in [-0.1, -0.05) is 32.9 Å². The van der Waals surface area contributed by atoms with Gasteiger partial charge in [-0.15, -0.1) is 0 Å². The number of hydrogen-bond acceptors (Lipinski definition) is 2. The fraction of sp³-hybridized carbons (Fsp3) is 0.647. The molecule has 1 aromatic rings. The van der Waals surface area contributed by atoms with Gasteiger partial charge in [-0.3, -0.25) is 0 Å². The van der Waals surface area contributed by atoms with Crippen molar-refractivity contribution in [2.24, 2.45) is 0 Å². The highest BCUT2D eigenvalue weighted by Gasteiger charge is 2.23. The molecule has 0 radical (unpaired) electrons. The van der Waals surface area contributed by atoms with Crippen LogP contribution in [0.2, 0.25) is 0 Å². The number of benzene rings is 1. The Morgan fingerprint density at radius 2 is 1.63 bits per heavy atom. The van der Waals surface area contributed by atoms with Crippen LogP contribution in [-0.2, 0) is 10.2 Å². The summed E-state index contributed by atoms with van der Waals surface area (Å²) in [5.41, 5.74) is 1.54. The van der Waals surface area contributed by atoms with Crippen molar-refractivity contribution in [3.63, 3.8) is 0 Å². The van der Waals surface area contributed by atoms with Crippen molar-refractivity contribution < 1.29 is 9.47 Å². The number of methoxy groups -OCH3 is 1. The van der Waals surface area contributed by atoms with Crippen molar-refractivity contribution in [3.8, 4) is 5.75 Å². The molecule has 2 heteroatoms. The van der Waals surface area contributed by atoms with Crippen LogP contribution < -0.4 is 4.74 Å². The molecule has 1 saturated carbocycles. The third-order valence-electron chi connectivity index (χ3n) is 3.93. The second kappa shape index (κ2) is 5.96. The summed E-state index contributed by atoms with van der Waals surface area (Å²) < 4.78 is 11.5. The fourth-order valence-corrected chi connectivity index (χ4v) is 2.65. The average Bonchev–Trinajstić information content (AvgIpc) is 2.38. The first kappa shape index (κ1) is 14.4. The molecule has 0 aliphatic heterocycles. The van der Waals surface area contributed by atoms with Crippen molar-refractivity contribution in [2.75, 3.05) is 7.11 Å². The molecule has 2 unspecified atom stereocenters. The maximum absolute atomic E-state index is 6.08. The van der Waals surface area contributed by atoms with Crippen LogP contribution in [0.1, 0.15) is 52.0 Å². The van der Waals surface area contributed by atoms with E-state index in [0.29, 0.717) is 12.2 Å². The molecule has 0 bridgehead atoms. The third-order valence-corrected chi connectivity index (χ3v) is 3.93. The van der Waals surface area contributed by atoms with E-state index in [1.54, 1.807) is 7.11 Å². The van der Waals surface area contributed by atoms with Gasteiger partial charge in [-0.05, 0) is 42.4 Å². The molecular weight excluding hydrogens is 236 g/mol. The van der Waals surface area contributed by atoms with E-state index in [9.17, 15) is 0 Å². The predicted molar refractivity (Wildman–Crippen MR) is 78.8 cm³/mol. The summed E-state index contributed by atoms with van der Waals surface area (Å²) >= 11 is 0. The van der Waals surface area contributed by atoms with Crippen LogP contribution in [0.4, 0.5) is 0 Å². The van der Waals surface area contributed by atoms with Gasteiger partial charge in [0, 0.05) is 13.5 Å². The van der Waals surface area contributed by atoms with E-state index in [1.807, 2.05) is 0 Å². The Morgan fingerprint density at radius 3 is 2.21 bits per heavy atom. The van der Waals surface area contributed by atoms with E-state index in [1.165, 1.54) is 18.4 Å². The first-order valence-electron chi connectivity index (χ1n) is 7.29. The highest BCUT2D eigenvalue weighted by molar-refractivity contribution is 5.31. The van der Waals surface area contributed by atoms with E-state index in [4.69, 9.17) is 9.47 Å². The molecule has 1 aromatic carbocycles. The minimum atomic E-state index is 0.199. The second-order valence-corrected chi connectivity index (χ2v) is 6.54. The molecule has 106 valence electrons. The van der Waals surface area contributed by atoms with Crippen LogP contribution in [0.5, 0.6) is 5.75 Å². The standard InChI is InChI=1S/C17H26O2/c1-17(2,3)13-8-10-14(11-9-13)19-16-7-5-6-15(12-16)18-4/h8-11,15-16H,5-7,12H2,1-4H3. The molecule has 0 aromatic heterocycles. The van der Waals surface area contributed by atoms with Gasteiger partial charge in [0.05, 0.1) is 6.10 Å². The SMILES string of the molecule is COC1CCCC(Oc2ccc(C(C)(C)C)cc2)C1. The summed E-state index contributed by atoms with van der Waals surface area (Å²) in [6, 6.07) is 8.53. The molecule has 1 fully saturated rings. The molecule has 0 amide bonds. The predicted octanol–water partition coefficient (Wildman–Crippen LogP) is 4.32. The maximum Gasteiger partial charge on any atom is 0.119 e. The molecule has 1 aliphatic rings. The zero-order valence-electron chi connectivity index (χ0n) is 12.6. The molecule has 2 rings (SSSR count). The minimum Gasteiger partial charge on any atom is -0.490 e. The van der Waals surface area contributed by atoms with Gasteiger partial charge < -0.3 is 9.47 Å². The van der Waals surface area contributed by atoms with E-state index in [0.717, 1.165) is 18.6 Å². The van der Waals surface area contributed by atoms with Crippen molar-refractivity contribution in [3.05, 3.63) is 29.8 Å². The Kier molecular flexibility index (Phi) is 4.51. The van der Waals surface area contributed by atoms with Gasteiger partial charge in [-0.2, -0.15) is 0 Å². The molecule has 0 heterocycles. The molecule has 0 spiro atoms. The number of hydrogen-bond donors (Lipinski definition) is 0. The largest absolute Gasteiger partial charge is 0.490 e. The molecule has 2 atom stereocenters. The van der Waals surface area contributed by atoms with Crippen LogP contribution in [-0.4, -0.2) is 19.3 Å². The summed E-state index contributed by atoms with van der Waals surface area (Å²) in [7, 11) is 1.80. The van der Waals surface area contributed by atoms with Crippen LogP contribution in [0.3, 0.4) is 0 Å². The van der Waals surface area contributed by atoms with Crippen LogP contribution in [0.15, 0.2) is 24.3 Å². The molecule has 0 saturated heterocycles. The monoisotopic (exact) mass is 262 g/mol. The maximum atomic E-state index is 6.08. The Balaban J connectivity index is 1.96. The lowest BCUT2D eigenvalue weighted by atomic mass is 9.87. The molecular formula is C17H26O2. The van der Waals surface area contributed by atoms with Crippen LogP contribution >= 0.6 is 0 Å². The van der Waals surface area contributed by atoms with Crippen molar-refractivity contribution >= 4 is 0 Å². The fourth-order valence-electron chi connectivity index (χ4n) is 2.65. The molecule has 0 N–H and O–H groups in total. The van der Waals surface area contributed by atoms with Crippen LogP contribution in [0, 0.1) is 0 Å². The molecule has 2 nitrogen and oxygen atoms in total. The summed E-state index contributed by atoms with van der Waals surface area (Å²) in [4.78, 5) is 0. The summed E-state index contributed by atoms with van der Waals surface area (Å²) in [6.45, 7) is 6.69. The first-order valence-corrected chi connectivity index (χ1v) is 7.29. The number of ether oxygens (including phenoxy) is 2. The zero-order chi connectivity index (χ0) is 13.9. The van der Waals surface area contributed by atoms with Crippen molar-refractivity contribution in [2.45, 2.75) is 64.1 Å². The smallest absolute Gasteiger partial charge is 0.119 e. The average molecular weight is 262 g/mol. The molecule has 19 heavy (non-hydrogen) atoms. The topological polar surface area (TPSA) is 18.5 Å². The van der Waals surface area contributed by atoms with Gasteiger partial charge in [0.2, 0.25) is 0 Å². The van der Waals surface area contributed by atoms with E-state index in [-0.39, 0.29) is 5.41 Å². The lowest BCUT2D eigenvalue weighted by Gasteiger charge is -2.29. The van der Waals surface area contributed by atoms with Crippen LogP contribution in [0.25, 0.3) is 0 Å².